The van der Waals surface area contributed by atoms with E-state index in [1.165, 1.54) is 24.3 Å². The number of ether oxygens (including phenoxy) is 4. The summed E-state index contributed by atoms with van der Waals surface area (Å²) in [5.74, 6) is -2.89. The summed E-state index contributed by atoms with van der Waals surface area (Å²) in [5.41, 5.74) is 2.31. The molecule has 0 aromatic heterocycles. The van der Waals surface area contributed by atoms with Crippen molar-refractivity contribution in [3.8, 4) is 11.1 Å². The molecule has 3 aromatic carbocycles. The van der Waals surface area contributed by atoms with Crippen molar-refractivity contribution in [3.05, 3.63) is 94.7 Å². The van der Waals surface area contributed by atoms with Crippen LogP contribution in [0.4, 0.5) is 15.3 Å². The van der Waals surface area contributed by atoms with Gasteiger partial charge < -0.3 is 39.8 Å². The van der Waals surface area contributed by atoms with Gasteiger partial charge in [-0.15, -0.1) is 0 Å². The lowest BCUT2D eigenvalue weighted by atomic mass is 9.98. The molecule has 3 aromatic rings. The first kappa shape index (κ1) is 31.8. The molecule has 1 amide bonds. The molecule has 0 fully saturated rings. The number of carboxylic acids is 1. The monoisotopic (exact) mass is 607 g/mol. The number of esters is 1. The molecule has 13 nitrogen and oxygen atoms in total. The SMILES string of the molecule is CC(C)(C)OC(=O)C(OC(=O)OC[C@H](NC(=O)OCC1c2ccccc2-c2ccccc21)C(=O)O)c1ccccc1N([O-])O. The van der Waals surface area contributed by atoms with Gasteiger partial charge in [0.25, 0.3) is 0 Å². The lowest BCUT2D eigenvalue weighted by molar-refractivity contribution is -0.167. The Labute approximate surface area is 252 Å². The fourth-order valence-electron chi connectivity index (χ4n) is 4.72. The van der Waals surface area contributed by atoms with E-state index in [9.17, 15) is 34.7 Å². The van der Waals surface area contributed by atoms with Crippen LogP contribution in [0.3, 0.4) is 0 Å². The van der Waals surface area contributed by atoms with Gasteiger partial charge >= 0.3 is 24.2 Å². The Bertz CT molecular complexity index is 1490. The molecule has 232 valence electrons. The quantitative estimate of drug-likeness (QED) is 0.161. The number of carboxylic acid groups (broad SMARTS) is 1. The third-order valence-corrected chi connectivity index (χ3v) is 6.56. The summed E-state index contributed by atoms with van der Waals surface area (Å²) in [7, 11) is 0. The van der Waals surface area contributed by atoms with E-state index >= 15 is 0 Å². The number of hydrogen-bond acceptors (Lipinski definition) is 11. The van der Waals surface area contributed by atoms with E-state index in [0.717, 1.165) is 22.3 Å². The normalized spacial score (nSPS) is 13.5. The number of benzene rings is 3. The van der Waals surface area contributed by atoms with Crippen LogP contribution in [-0.2, 0) is 28.5 Å². The van der Waals surface area contributed by atoms with Gasteiger partial charge in [-0.25, -0.2) is 19.2 Å². The van der Waals surface area contributed by atoms with Gasteiger partial charge in [0.2, 0.25) is 6.10 Å². The van der Waals surface area contributed by atoms with E-state index in [0.29, 0.717) is 0 Å². The van der Waals surface area contributed by atoms with E-state index in [2.05, 4.69) is 5.32 Å². The van der Waals surface area contributed by atoms with Gasteiger partial charge in [0.05, 0.1) is 5.69 Å². The molecule has 44 heavy (non-hydrogen) atoms. The maximum absolute atomic E-state index is 12.9. The minimum absolute atomic E-state index is 0.0757. The third kappa shape index (κ3) is 7.62. The Morgan fingerprint density at radius 1 is 0.909 bits per heavy atom. The highest BCUT2D eigenvalue weighted by Gasteiger charge is 2.34. The molecule has 0 saturated heterocycles. The number of aliphatic carboxylic acids is 1. The molecule has 0 heterocycles. The Balaban J connectivity index is 1.39. The van der Waals surface area contributed by atoms with Crippen LogP contribution in [0.25, 0.3) is 11.1 Å². The van der Waals surface area contributed by atoms with E-state index in [4.69, 9.17) is 18.9 Å². The fraction of sp³-hybridized carbons (Fsp3) is 0.290. The standard InChI is InChI=1S/C31H31N2O11/c1-31(2,3)44-28(36)26(22-14-8-9-15-25(22)33(39)40)43-30(38)42-17-24(27(34)35)32-29(37)41-16-23-20-12-6-4-10-18(20)19-11-5-7-13-21(19)23/h4-15,23-24,26,39H,16-17H2,1-3H3,(H,32,37)(H,34,35)/q-1/t24-,26?/m0/s1. The molecule has 0 saturated carbocycles. The molecule has 2 atom stereocenters. The summed E-state index contributed by atoms with van der Waals surface area (Å²) < 4.78 is 20.6. The summed E-state index contributed by atoms with van der Waals surface area (Å²) in [6, 6.07) is 18.9. The number of carbonyl (C=O) groups excluding carboxylic acids is 3. The number of rotatable bonds is 10. The first-order valence-corrected chi connectivity index (χ1v) is 13.5. The van der Waals surface area contributed by atoms with E-state index < -0.39 is 59.5 Å². The highest BCUT2D eigenvalue weighted by Crippen LogP contribution is 2.44. The van der Waals surface area contributed by atoms with Crippen molar-refractivity contribution in [2.75, 3.05) is 18.4 Å². The van der Waals surface area contributed by atoms with Gasteiger partial charge in [0, 0.05) is 11.5 Å². The van der Waals surface area contributed by atoms with Gasteiger partial charge in [-0.3, -0.25) is 5.21 Å². The number of anilines is 1. The number of fused-ring (bicyclic) bond motifs is 3. The molecule has 13 heteroatoms. The van der Waals surface area contributed by atoms with Crippen LogP contribution < -0.4 is 10.5 Å². The van der Waals surface area contributed by atoms with Gasteiger partial charge in [-0.2, -0.15) is 0 Å². The van der Waals surface area contributed by atoms with Crippen LogP contribution >= 0.6 is 0 Å². The summed E-state index contributed by atoms with van der Waals surface area (Å²) in [6.45, 7) is 3.71. The van der Waals surface area contributed by atoms with Gasteiger partial charge in [0.15, 0.2) is 6.04 Å². The second-order valence-electron chi connectivity index (χ2n) is 10.8. The van der Waals surface area contributed by atoms with Crippen molar-refractivity contribution in [2.45, 2.75) is 44.4 Å². The zero-order chi connectivity index (χ0) is 32.0. The summed E-state index contributed by atoms with van der Waals surface area (Å²) in [5, 5.41) is 32.3. The lowest BCUT2D eigenvalue weighted by Gasteiger charge is -2.29. The van der Waals surface area contributed by atoms with Crippen molar-refractivity contribution < 1.29 is 48.4 Å². The molecule has 1 aliphatic rings. The van der Waals surface area contributed by atoms with Crippen LogP contribution in [0.2, 0.25) is 0 Å². The van der Waals surface area contributed by atoms with E-state index in [1.807, 2.05) is 48.5 Å². The number of carbonyl (C=O) groups is 4. The van der Waals surface area contributed by atoms with Crippen LogP contribution in [0.1, 0.15) is 49.5 Å². The Hall–Kier alpha value is -5.14. The highest BCUT2D eigenvalue weighted by atomic mass is 16.8. The fourth-order valence-corrected chi connectivity index (χ4v) is 4.72. The maximum Gasteiger partial charge on any atom is 0.509 e. The molecule has 0 bridgehead atoms. The molecular formula is C31H31N2O11-. The third-order valence-electron chi connectivity index (χ3n) is 6.56. The molecule has 1 aliphatic carbocycles. The summed E-state index contributed by atoms with van der Waals surface area (Å²) in [4.78, 5) is 49.9. The molecule has 1 unspecified atom stereocenters. The molecular weight excluding hydrogens is 576 g/mol. The number of nitrogens with one attached hydrogen (secondary N) is 1. The predicted molar refractivity (Wildman–Crippen MR) is 155 cm³/mol. The molecule has 0 spiro atoms. The van der Waals surface area contributed by atoms with Crippen molar-refractivity contribution in [1.29, 1.82) is 0 Å². The van der Waals surface area contributed by atoms with Crippen molar-refractivity contribution >= 4 is 29.9 Å². The molecule has 4 rings (SSSR count). The molecule has 0 radical (unpaired) electrons. The maximum atomic E-state index is 12.9. The predicted octanol–water partition coefficient (Wildman–Crippen LogP) is 4.91. The number of hydrogen-bond donors (Lipinski definition) is 3. The average Bonchev–Trinajstić information content (AvgIpc) is 3.29. The minimum Gasteiger partial charge on any atom is -0.733 e. The van der Waals surface area contributed by atoms with Crippen molar-refractivity contribution in [1.82, 2.24) is 5.32 Å². The number of nitrogens with zero attached hydrogens (tertiary/aromatic N) is 1. The smallest absolute Gasteiger partial charge is 0.509 e. The second kappa shape index (κ2) is 13.4. The van der Waals surface area contributed by atoms with Crippen LogP contribution in [0, 0.1) is 5.21 Å². The number of amides is 1. The number of alkyl carbamates (subject to hydrolysis) is 1. The summed E-state index contributed by atoms with van der Waals surface area (Å²) >= 11 is 0. The van der Waals surface area contributed by atoms with E-state index in [1.54, 1.807) is 20.8 Å². The first-order valence-electron chi connectivity index (χ1n) is 13.5. The van der Waals surface area contributed by atoms with Crippen LogP contribution in [0.15, 0.2) is 72.8 Å². The first-order chi connectivity index (χ1) is 20.9. The Morgan fingerprint density at radius 3 is 2.05 bits per heavy atom. The lowest BCUT2D eigenvalue weighted by Crippen LogP contribution is -2.45. The number of para-hydroxylation sites is 1. The van der Waals surface area contributed by atoms with Crippen LogP contribution in [-0.4, -0.2) is 59.4 Å². The highest BCUT2D eigenvalue weighted by molar-refractivity contribution is 5.83. The topological polar surface area (TPSA) is 184 Å². The molecule has 0 aliphatic heterocycles. The van der Waals surface area contributed by atoms with Gasteiger partial charge in [-0.05, 0) is 49.1 Å². The zero-order valence-corrected chi connectivity index (χ0v) is 24.1. The van der Waals surface area contributed by atoms with Crippen molar-refractivity contribution in [2.24, 2.45) is 0 Å². The van der Waals surface area contributed by atoms with Gasteiger partial charge in [-0.1, -0.05) is 66.7 Å². The Kier molecular flexibility index (Phi) is 9.71. The van der Waals surface area contributed by atoms with Crippen LogP contribution in [0.5, 0.6) is 0 Å². The Morgan fingerprint density at radius 2 is 1.48 bits per heavy atom. The van der Waals surface area contributed by atoms with Crippen molar-refractivity contribution in [3.63, 3.8) is 0 Å². The summed E-state index contributed by atoms with van der Waals surface area (Å²) in [6.07, 6.45) is -4.43. The van der Waals surface area contributed by atoms with E-state index in [-0.39, 0.29) is 18.1 Å². The van der Waals surface area contributed by atoms with Gasteiger partial charge in [0.1, 0.15) is 18.8 Å². The second-order valence-corrected chi connectivity index (χ2v) is 10.8. The minimum atomic E-state index is -1.86. The largest absolute Gasteiger partial charge is 0.733 e. The average molecular weight is 608 g/mol. The molecule has 3 N–H and O–H groups in total. The zero-order valence-electron chi connectivity index (χ0n) is 24.1.